The lowest BCUT2D eigenvalue weighted by Crippen LogP contribution is -2.21. The van der Waals surface area contributed by atoms with Gasteiger partial charge in [-0.25, -0.2) is 14.8 Å². The van der Waals surface area contributed by atoms with Gasteiger partial charge >= 0.3 is 5.97 Å². The molecule has 0 spiro atoms. The van der Waals surface area contributed by atoms with Gasteiger partial charge in [0.25, 0.3) is 0 Å². The van der Waals surface area contributed by atoms with Crippen molar-refractivity contribution in [3.8, 4) is 17.0 Å². The summed E-state index contributed by atoms with van der Waals surface area (Å²) in [4.78, 5) is 34.0. The van der Waals surface area contributed by atoms with E-state index in [4.69, 9.17) is 44.3 Å². The third kappa shape index (κ3) is 6.26. The van der Waals surface area contributed by atoms with Gasteiger partial charge in [-0.15, -0.1) is 0 Å². The Bertz CT molecular complexity index is 1210. The van der Waals surface area contributed by atoms with Crippen LogP contribution in [0.1, 0.15) is 23.0 Å². The summed E-state index contributed by atoms with van der Waals surface area (Å²) in [6.45, 7) is 2.08. The van der Waals surface area contributed by atoms with Crippen LogP contribution in [-0.4, -0.2) is 35.4 Å². The van der Waals surface area contributed by atoms with E-state index in [2.05, 4.69) is 15.3 Å². The third-order valence-electron chi connectivity index (χ3n) is 4.59. The van der Waals surface area contributed by atoms with Gasteiger partial charge in [0.15, 0.2) is 0 Å². The number of nitrogens with zero attached hydrogens (tertiary/aromatic N) is 2. The number of ether oxygens (including phenoxy) is 2. The Kier molecular flexibility index (Phi) is 8.87. The Balaban J connectivity index is 1.91. The largest absolute Gasteiger partial charge is 0.497 e. The van der Waals surface area contributed by atoms with Crippen molar-refractivity contribution < 1.29 is 19.1 Å². The molecule has 1 aromatic heterocycles. The summed E-state index contributed by atoms with van der Waals surface area (Å²) in [5.41, 5.74) is 1.24. The zero-order chi connectivity index (χ0) is 24.7. The number of carbonyl (C=O) groups excluding carboxylic acids is 2. The molecule has 0 bridgehead atoms. The van der Waals surface area contributed by atoms with E-state index in [1.807, 2.05) is 24.3 Å². The molecule has 176 valence electrons. The maximum absolute atomic E-state index is 13.3. The van der Waals surface area contributed by atoms with Gasteiger partial charge in [0.05, 0.1) is 24.4 Å². The van der Waals surface area contributed by atoms with Crippen LogP contribution in [0.5, 0.6) is 5.75 Å². The molecule has 0 aliphatic carbocycles. The number of aromatic nitrogens is 2. The van der Waals surface area contributed by atoms with Crippen molar-refractivity contribution in [2.45, 2.75) is 13.5 Å². The van der Waals surface area contributed by atoms with E-state index in [1.54, 1.807) is 32.2 Å². The second-order valence-corrected chi connectivity index (χ2v) is 8.13. The first kappa shape index (κ1) is 25.5. The quantitative estimate of drug-likeness (QED) is 0.130. The van der Waals surface area contributed by atoms with E-state index in [-0.39, 0.29) is 28.6 Å². The molecule has 0 aliphatic rings. The summed E-state index contributed by atoms with van der Waals surface area (Å²) in [5.74, 6) is -0.809. The van der Waals surface area contributed by atoms with Crippen molar-refractivity contribution in [2.75, 3.05) is 13.7 Å². The average Bonchev–Trinajstić information content (AvgIpc) is 2.81. The number of Topliss-reactive ketones (excluding diaryl/α,β-unsaturated/α-hetero) is 1. The topological polar surface area (TPSA) is 90.4 Å². The Morgan fingerprint density at radius 1 is 1.03 bits per heavy atom. The van der Waals surface area contributed by atoms with Crippen LogP contribution in [0.3, 0.4) is 0 Å². The van der Waals surface area contributed by atoms with Crippen LogP contribution in [0.25, 0.3) is 11.3 Å². The summed E-state index contributed by atoms with van der Waals surface area (Å²) in [6, 6.07) is 12.1. The predicted molar refractivity (Wildman–Crippen MR) is 131 cm³/mol. The van der Waals surface area contributed by atoms with Gasteiger partial charge in [-0.3, -0.25) is 4.79 Å². The number of ketones is 1. The molecule has 0 radical (unpaired) electrons. The highest BCUT2D eigenvalue weighted by molar-refractivity contribution is 6.39. The molecular formula is C24H20Cl3N3O4. The minimum atomic E-state index is -0.809. The summed E-state index contributed by atoms with van der Waals surface area (Å²) >= 11 is 18.6. The Morgan fingerprint density at radius 3 is 2.32 bits per heavy atom. The van der Waals surface area contributed by atoms with Crippen molar-refractivity contribution in [3.63, 3.8) is 0 Å². The molecule has 3 rings (SSSR count). The van der Waals surface area contributed by atoms with Crippen LogP contribution in [0.2, 0.25) is 15.1 Å². The van der Waals surface area contributed by atoms with E-state index in [0.29, 0.717) is 22.2 Å². The number of hydrogen-bond acceptors (Lipinski definition) is 7. The summed E-state index contributed by atoms with van der Waals surface area (Å²) in [6.07, 6.45) is 2.47. The lowest BCUT2D eigenvalue weighted by Gasteiger charge is -2.11. The van der Waals surface area contributed by atoms with Crippen molar-refractivity contribution in [3.05, 3.63) is 86.9 Å². The highest BCUT2D eigenvalue weighted by Crippen LogP contribution is 2.32. The number of hydrogen-bond donors (Lipinski definition) is 1. The van der Waals surface area contributed by atoms with E-state index in [0.717, 1.165) is 11.3 Å². The van der Waals surface area contributed by atoms with Crippen LogP contribution in [0.4, 0.5) is 0 Å². The number of rotatable bonds is 9. The zero-order valence-electron chi connectivity index (χ0n) is 18.3. The predicted octanol–water partition coefficient (Wildman–Crippen LogP) is 5.53. The van der Waals surface area contributed by atoms with Crippen LogP contribution >= 0.6 is 34.8 Å². The van der Waals surface area contributed by atoms with Gasteiger partial charge in [0, 0.05) is 28.4 Å². The molecule has 0 saturated carbocycles. The van der Waals surface area contributed by atoms with Gasteiger partial charge in [-0.05, 0) is 42.8 Å². The number of benzene rings is 2. The number of nitrogens with one attached hydrogen (secondary N) is 1. The van der Waals surface area contributed by atoms with E-state index < -0.39 is 11.8 Å². The highest BCUT2D eigenvalue weighted by atomic mass is 35.5. The SMILES string of the molecule is CCOC(=O)C(=CNCc1ccc(OC)cc1)C(=O)c1ncnc(-c2cc(Cl)cc(Cl)c2)c1Cl. The van der Waals surface area contributed by atoms with Crippen molar-refractivity contribution in [1.82, 2.24) is 15.3 Å². The second kappa shape index (κ2) is 11.8. The summed E-state index contributed by atoms with van der Waals surface area (Å²) < 4.78 is 10.2. The molecule has 0 amide bonds. The molecule has 0 aliphatic heterocycles. The third-order valence-corrected chi connectivity index (χ3v) is 5.39. The molecule has 0 fully saturated rings. The Morgan fingerprint density at radius 2 is 1.71 bits per heavy atom. The molecule has 10 heteroatoms. The number of halogens is 3. The fourth-order valence-electron chi connectivity index (χ4n) is 2.99. The standard InChI is InChI=1S/C24H20Cl3N3O4/c1-3-34-24(32)19(12-28-11-14-4-6-18(33-2)7-5-14)23(31)22-20(27)21(29-13-30-22)15-8-16(25)10-17(26)9-15/h4-10,12-13,28H,3,11H2,1-2H3. The first-order chi connectivity index (χ1) is 16.3. The Hall–Kier alpha value is -3.13. The van der Waals surface area contributed by atoms with Gasteiger partial charge < -0.3 is 14.8 Å². The zero-order valence-corrected chi connectivity index (χ0v) is 20.5. The summed E-state index contributed by atoms with van der Waals surface area (Å²) in [5, 5.41) is 3.67. The van der Waals surface area contributed by atoms with Gasteiger partial charge in [0.1, 0.15) is 23.3 Å². The Labute approximate surface area is 211 Å². The molecule has 1 heterocycles. The number of methoxy groups -OCH3 is 1. The van der Waals surface area contributed by atoms with Crippen molar-refractivity contribution >= 4 is 46.6 Å². The maximum Gasteiger partial charge on any atom is 0.343 e. The van der Waals surface area contributed by atoms with Gasteiger partial charge in [-0.2, -0.15) is 0 Å². The molecule has 0 unspecified atom stereocenters. The second-order valence-electron chi connectivity index (χ2n) is 6.88. The molecule has 7 nitrogen and oxygen atoms in total. The summed E-state index contributed by atoms with van der Waals surface area (Å²) in [7, 11) is 1.58. The molecule has 3 aromatic rings. The molecule has 2 aromatic carbocycles. The first-order valence-electron chi connectivity index (χ1n) is 10.1. The van der Waals surface area contributed by atoms with Gasteiger partial charge in [0.2, 0.25) is 5.78 Å². The van der Waals surface area contributed by atoms with Crippen molar-refractivity contribution in [2.24, 2.45) is 0 Å². The average molecular weight is 521 g/mol. The van der Waals surface area contributed by atoms with E-state index in [9.17, 15) is 9.59 Å². The fraction of sp³-hybridized carbons (Fsp3) is 0.167. The lowest BCUT2D eigenvalue weighted by molar-refractivity contribution is -0.138. The maximum atomic E-state index is 13.3. The van der Waals surface area contributed by atoms with Gasteiger partial charge in [-0.1, -0.05) is 46.9 Å². The minimum absolute atomic E-state index is 0.0452. The number of esters is 1. The smallest absolute Gasteiger partial charge is 0.343 e. The molecule has 0 saturated heterocycles. The monoisotopic (exact) mass is 519 g/mol. The highest BCUT2D eigenvalue weighted by Gasteiger charge is 2.26. The van der Waals surface area contributed by atoms with E-state index in [1.165, 1.54) is 12.5 Å². The first-order valence-corrected chi connectivity index (χ1v) is 11.2. The van der Waals surface area contributed by atoms with Crippen molar-refractivity contribution in [1.29, 1.82) is 0 Å². The lowest BCUT2D eigenvalue weighted by atomic mass is 10.1. The normalized spacial score (nSPS) is 11.1. The number of carbonyl (C=O) groups is 2. The minimum Gasteiger partial charge on any atom is -0.497 e. The molecular weight excluding hydrogens is 501 g/mol. The van der Waals surface area contributed by atoms with Crippen LogP contribution in [0.15, 0.2) is 60.6 Å². The molecule has 1 N–H and O–H groups in total. The fourth-order valence-corrected chi connectivity index (χ4v) is 3.81. The van der Waals surface area contributed by atoms with Crippen LogP contribution in [-0.2, 0) is 16.1 Å². The molecule has 34 heavy (non-hydrogen) atoms. The van der Waals surface area contributed by atoms with Crippen LogP contribution in [0, 0.1) is 0 Å². The molecule has 0 atom stereocenters. The van der Waals surface area contributed by atoms with E-state index >= 15 is 0 Å². The van der Waals surface area contributed by atoms with Crippen LogP contribution < -0.4 is 10.1 Å².